The molecule has 2 amide bonds. The van der Waals surface area contributed by atoms with Crippen LogP contribution >= 0.6 is 0 Å². The number of nitrogens with zero attached hydrogens (tertiary/aromatic N) is 1. The quantitative estimate of drug-likeness (QED) is 0.337. The number of rotatable bonds is 11. The maximum absolute atomic E-state index is 13.9. The maximum Gasteiger partial charge on any atom is 0.261 e. The van der Waals surface area contributed by atoms with E-state index < -0.39 is 6.04 Å². The first-order chi connectivity index (χ1) is 18.0. The minimum absolute atomic E-state index is 0.131. The predicted octanol–water partition coefficient (Wildman–Crippen LogP) is 6.08. The van der Waals surface area contributed by atoms with Crippen molar-refractivity contribution in [2.45, 2.75) is 66.0 Å². The molecule has 5 heteroatoms. The molecule has 202 valence electrons. The van der Waals surface area contributed by atoms with Crippen molar-refractivity contribution in [1.29, 1.82) is 0 Å². The number of carbonyl (C=O) groups excluding carboxylic acids is 2. The normalized spacial score (nSPS) is 12.2. The second-order valence-corrected chi connectivity index (χ2v) is 11.4. The van der Waals surface area contributed by atoms with Gasteiger partial charge in [-0.15, -0.1) is 0 Å². The Balaban J connectivity index is 1.94. The number of ether oxygens (including phenoxy) is 1. The van der Waals surface area contributed by atoms with Crippen molar-refractivity contribution >= 4 is 11.8 Å². The highest BCUT2D eigenvalue weighted by molar-refractivity contribution is 5.88. The first kappa shape index (κ1) is 29.0. The molecule has 0 aliphatic heterocycles. The number of nitrogens with one attached hydrogen (secondary N) is 1. The summed E-state index contributed by atoms with van der Waals surface area (Å²) in [6, 6.07) is 25.1. The molecular weight excluding hydrogens is 472 g/mol. The van der Waals surface area contributed by atoms with Crippen LogP contribution in [-0.2, 0) is 28.0 Å². The van der Waals surface area contributed by atoms with Gasteiger partial charge in [0.05, 0.1) is 0 Å². The van der Waals surface area contributed by atoms with E-state index >= 15 is 0 Å². The van der Waals surface area contributed by atoms with Gasteiger partial charge in [0.15, 0.2) is 6.61 Å². The minimum Gasteiger partial charge on any atom is -0.483 e. The van der Waals surface area contributed by atoms with Crippen LogP contribution in [0.5, 0.6) is 5.75 Å². The second-order valence-electron chi connectivity index (χ2n) is 11.4. The predicted molar refractivity (Wildman–Crippen MR) is 154 cm³/mol. The molecule has 0 radical (unpaired) electrons. The van der Waals surface area contributed by atoms with Crippen molar-refractivity contribution in [2.75, 3.05) is 13.2 Å². The van der Waals surface area contributed by atoms with E-state index in [0.717, 1.165) is 22.3 Å². The lowest BCUT2D eigenvalue weighted by atomic mass is 9.86. The zero-order valence-corrected chi connectivity index (χ0v) is 23.7. The Morgan fingerprint density at radius 1 is 0.895 bits per heavy atom. The van der Waals surface area contributed by atoms with Crippen molar-refractivity contribution in [3.8, 4) is 5.75 Å². The molecule has 3 aromatic rings. The molecule has 0 aliphatic carbocycles. The molecule has 0 spiro atoms. The summed E-state index contributed by atoms with van der Waals surface area (Å²) in [5.74, 6) is 0.608. The van der Waals surface area contributed by atoms with Crippen LogP contribution in [0.4, 0.5) is 0 Å². The van der Waals surface area contributed by atoms with Crippen molar-refractivity contribution in [3.63, 3.8) is 0 Å². The summed E-state index contributed by atoms with van der Waals surface area (Å²) in [6.07, 6.45) is 0.418. The lowest BCUT2D eigenvalue weighted by Crippen LogP contribution is -2.52. The molecule has 0 aromatic heterocycles. The van der Waals surface area contributed by atoms with Crippen molar-refractivity contribution in [1.82, 2.24) is 10.2 Å². The van der Waals surface area contributed by atoms with Gasteiger partial charge < -0.3 is 15.0 Å². The third kappa shape index (κ3) is 8.47. The standard InChI is InChI=1S/C33H42N2O3/c1-24(2)21-34-32(37)29(20-26-14-8-7-9-15-26)35(22-27-16-12-13-25(3)19-27)31(36)23-38-30-18-11-10-17-28(30)33(4,5)6/h7-19,24,29H,20-23H2,1-6H3,(H,34,37). The Morgan fingerprint density at radius 2 is 1.55 bits per heavy atom. The highest BCUT2D eigenvalue weighted by Gasteiger charge is 2.31. The Morgan fingerprint density at radius 3 is 2.21 bits per heavy atom. The maximum atomic E-state index is 13.9. The van der Waals surface area contributed by atoms with Crippen LogP contribution in [0.15, 0.2) is 78.9 Å². The molecule has 1 atom stereocenters. The zero-order chi connectivity index (χ0) is 27.7. The van der Waals surface area contributed by atoms with E-state index in [1.807, 2.05) is 79.7 Å². The average molecular weight is 515 g/mol. The van der Waals surface area contributed by atoms with E-state index in [-0.39, 0.29) is 23.8 Å². The Bertz CT molecular complexity index is 1200. The van der Waals surface area contributed by atoms with Gasteiger partial charge in [-0.05, 0) is 41.0 Å². The van der Waals surface area contributed by atoms with Gasteiger partial charge in [-0.25, -0.2) is 0 Å². The number of carbonyl (C=O) groups is 2. The van der Waals surface area contributed by atoms with Gasteiger partial charge in [0.2, 0.25) is 5.91 Å². The molecule has 0 aliphatic rings. The topological polar surface area (TPSA) is 58.6 Å². The van der Waals surface area contributed by atoms with E-state index in [1.54, 1.807) is 4.90 Å². The first-order valence-electron chi connectivity index (χ1n) is 13.4. The average Bonchev–Trinajstić information content (AvgIpc) is 2.88. The smallest absolute Gasteiger partial charge is 0.261 e. The summed E-state index contributed by atoms with van der Waals surface area (Å²) in [5, 5.41) is 3.06. The molecule has 0 saturated heterocycles. The molecule has 0 fully saturated rings. The van der Waals surface area contributed by atoms with Gasteiger partial charge in [0.1, 0.15) is 11.8 Å². The Kier molecular flexibility index (Phi) is 10.1. The van der Waals surface area contributed by atoms with Crippen LogP contribution in [0.1, 0.15) is 56.9 Å². The fraction of sp³-hybridized carbons (Fsp3) is 0.394. The fourth-order valence-electron chi connectivity index (χ4n) is 4.42. The summed E-state index contributed by atoms with van der Waals surface area (Å²) in [7, 11) is 0. The molecule has 3 aromatic carbocycles. The minimum atomic E-state index is -0.675. The van der Waals surface area contributed by atoms with Crippen LogP contribution in [0, 0.1) is 12.8 Å². The van der Waals surface area contributed by atoms with Crippen LogP contribution < -0.4 is 10.1 Å². The summed E-state index contributed by atoms with van der Waals surface area (Å²) >= 11 is 0. The van der Waals surface area contributed by atoms with E-state index in [9.17, 15) is 9.59 Å². The molecule has 0 bridgehead atoms. The van der Waals surface area contributed by atoms with E-state index in [2.05, 4.69) is 46.0 Å². The summed E-state index contributed by atoms with van der Waals surface area (Å²) in [6.45, 7) is 13.2. The molecule has 38 heavy (non-hydrogen) atoms. The Labute approximate surface area is 228 Å². The molecule has 1 N–H and O–H groups in total. The first-order valence-corrected chi connectivity index (χ1v) is 13.4. The summed E-state index contributed by atoms with van der Waals surface area (Å²) < 4.78 is 6.12. The van der Waals surface area contributed by atoms with Gasteiger partial charge in [0, 0.05) is 19.5 Å². The van der Waals surface area contributed by atoms with Crippen LogP contribution in [0.2, 0.25) is 0 Å². The van der Waals surface area contributed by atoms with E-state index in [4.69, 9.17) is 4.74 Å². The highest BCUT2D eigenvalue weighted by atomic mass is 16.5. The van der Waals surface area contributed by atoms with Gasteiger partial charge in [-0.1, -0.05) is 113 Å². The monoisotopic (exact) mass is 514 g/mol. The molecular formula is C33H42N2O3. The Hall–Kier alpha value is -3.60. The molecule has 1 unspecified atom stereocenters. The van der Waals surface area contributed by atoms with E-state index in [0.29, 0.717) is 31.2 Å². The van der Waals surface area contributed by atoms with Gasteiger partial charge in [-0.2, -0.15) is 0 Å². The number of benzene rings is 3. The molecule has 3 rings (SSSR count). The van der Waals surface area contributed by atoms with Gasteiger partial charge in [0.25, 0.3) is 5.91 Å². The number of aryl methyl sites for hydroxylation is 1. The fourth-order valence-corrected chi connectivity index (χ4v) is 4.42. The van der Waals surface area contributed by atoms with Crippen LogP contribution in [0.25, 0.3) is 0 Å². The largest absolute Gasteiger partial charge is 0.483 e. The summed E-state index contributed by atoms with van der Waals surface area (Å²) in [5.41, 5.74) is 3.98. The van der Waals surface area contributed by atoms with Gasteiger partial charge >= 0.3 is 0 Å². The number of amides is 2. The van der Waals surface area contributed by atoms with Crippen molar-refractivity contribution in [3.05, 3.63) is 101 Å². The third-order valence-corrected chi connectivity index (χ3v) is 6.44. The second kappa shape index (κ2) is 13.3. The SMILES string of the molecule is Cc1cccc(CN(C(=O)COc2ccccc2C(C)(C)C)C(Cc2ccccc2)C(=O)NCC(C)C)c1. The number of hydrogen-bond acceptors (Lipinski definition) is 3. The molecule has 0 saturated carbocycles. The summed E-state index contributed by atoms with van der Waals surface area (Å²) in [4.78, 5) is 29.1. The lowest BCUT2D eigenvalue weighted by molar-refractivity contribution is -0.142. The van der Waals surface area contributed by atoms with Crippen molar-refractivity contribution < 1.29 is 14.3 Å². The molecule has 5 nitrogen and oxygen atoms in total. The molecule has 0 heterocycles. The van der Waals surface area contributed by atoms with Crippen LogP contribution in [0.3, 0.4) is 0 Å². The van der Waals surface area contributed by atoms with E-state index in [1.165, 1.54) is 0 Å². The number of para-hydroxylation sites is 1. The highest BCUT2D eigenvalue weighted by Crippen LogP contribution is 2.31. The number of hydrogen-bond donors (Lipinski definition) is 1. The van der Waals surface area contributed by atoms with Crippen molar-refractivity contribution in [2.24, 2.45) is 5.92 Å². The lowest BCUT2D eigenvalue weighted by Gasteiger charge is -2.32. The zero-order valence-electron chi connectivity index (χ0n) is 23.7. The van der Waals surface area contributed by atoms with Gasteiger partial charge in [-0.3, -0.25) is 9.59 Å². The third-order valence-electron chi connectivity index (χ3n) is 6.44. The van der Waals surface area contributed by atoms with Crippen LogP contribution in [-0.4, -0.2) is 35.9 Å².